The van der Waals surface area contributed by atoms with Gasteiger partial charge in [-0.1, -0.05) is 48.0 Å². The smallest absolute Gasteiger partial charge is 0.267 e. The SMILES string of the molecule is COc1ccc(NC(=O)CCN2C(=O)/C(=C3\SC(=S)N(CCC(=O)Nc4ccc(OC)cc4)C3=O)SC2=S)cc1. The van der Waals surface area contributed by atoms with Gasteiger partial charge in [-0.25, -0.2) is 0 Å². The van der Waals surface area contributed by atoms with Gasteiger partial charge in [0, 0.05) is 37.3 Å². The molecular formula is C26H24N4O6S4. The zero-order valence-corrected chi connectivity index (χ0v) is 24.7. The molecule has 2 saturated heterocycles. The number of rotatable bonds is 10. The third-order valence-electron chi connectivity index (χ3n) is 5.78. The first-order valence-corrected chi connectivity index (χ1v) is 14.3. The minimum absolute atomic E-state index is 0.00994. The van der Waals surface area contributed by atoms with Crippen LogP contribution < -0.4 is 20.1 Å². The fourth-order valence-corrected chi connectivity index (χ4v) is 6.45. The van der Waals surface area contributed by atoms with Gasteiger partial charge < -0.3 is 20.1 Å². The zero-order chi connectivity index (χ0) is 28.8. The van der Waals surface area contributed by atoms with Crippen LogP contribution in [0.5, 0.6) is 11.5 Å². The molecule has 2 aliphatic heterocycles. The van der Waals surface area contributed by atoms with Crippen LogP contribution in [0.3, 0.4) is 0 Å². The lowest BCUT2D eigenvalue weighted by Gasteiger charge is -2.15. The molecule has 0 saturated carbocycles. The van der Waals surface area contributed by atoms with Gasteiger partial charge in [0.25, 0.3) is 11.8 Å². The van der Waals surface area contributed by atoms with Crippen molar-refractivity contribution >= 4 is 91.6 Å². The maximum atomic E-state index is 13.1. The van der Waals surface area contributed by atoms with Crippen molar-refractivity contribution in [1.82, 2.24) is 9.80 Å². The number of carbonyl (C=O) groups is 4. The molecule has 10 nitrogen and oxygen atoms in total. The third kappa shape index (κ3) is 6.99. The van der Waals surface area contributed by atoms with Crippen LogP contribution in [-0.4, -0.2) is 69.4 Å². The molecule has 2 N–H and O–H groups in total. The number of nitrogens with zero attached hydrogens (tertiary/aromatic N) is 2. The number of anilines is 2. The van der Waals surface area contributed by atoms with Gasteiger partial charge in [-0.3, -0.25) is 29.0 Å². The van der Waals surface area contributed by atoms with E-state index in [1.54, 1.807) is 62.8 Å². The van der Waals surface area contributed by atoms with Crippen molar-refractivity contribution in [2.45, 2.75) is 12.8 Å². The molecule has 0 bridgehead atoms. The van der Waals surface area contributed by atoms with Crippen LogP contribution >= 0.6 is 48.0 Å². The Labute approximate surface area is 249 Å². The van der Waals surface area contributed by atoms with Gasteiger partial charge in [-0.15, -0.1) is 0 Å². The standard InChI is InChI=1S/C26H24N4O6S4/c1-35-17-7-3-15(4-8-17)27-19(31)11-13-29-23(33)21(39-25(29)37)22-24(34)30(26(38)40-22)14-12-20(32)28-16-5-9-18(36-2)10-6-16/h3-10H,11-14H2,1-2H3,(H,27,31)(H,28,32)/b22-21+. The molecule has 0 atom stereocenters. The van der Waals surface area contributed by atoms with Crippen molar-refractivity contribution in [1.29, 1.82) is 0 Å². The minimum atomic E-state index is -0.454. The number of methoxy groups -OCH3 is 2. The Hall–Kier alpha value is -3.46. The molecule has 2 aliphatic rings. The lowest BCUT2D eigenvalue weighted by atomic mass is 10.2. The Morgan fingerprint density at radius 1 is 0.700 bits per heavy atom. The second-order valence-corrected chi connectivity index (χ2v) is 11.6. The van der Waals surface area contributed by atoms with E-state index in [1.807, 2.05) is 0 Å². The molecule has 0 radical (unpaired) electrons. The molecule has 2 aromatic carbocycles. The topological polar surface area (TPSA) is 117 Å². The summed E-state index contributed by atoms with van der Waals surface area (Å²) in [7, 11) is 3.11. The Balaban J connectivity index is 1.32. The van der Waals surface area contributed by atoms with Crippen molar-refractivity contribution in [3.05, 3.63) is 58.3 Å². The number of benzene rings is 2. The van der Waals surface area contributed by atoms with Crippen LogP contribution in [0.4, 0.5) is 11.4 Å². The molecule has 4 rings (SSSR count). The Morgan fingerprint density at radius 2 is 1.05 bits per heavy atom. The van der Waals surface area contributed by atoms with E-state index in [4.69, 9.17) is 33.9 Å². The molecular weight excluding hydrogens is 593 g/mol. The Bertz CT molecular complexity index is 1290. The lowest BCUT2D eigenvalue weighted by Crippen LogP contribution is -2.33. The zero-order valence-electron chi connectivity index (χ0n) is 21.4. The Morgan fingerprint density at radius 3 is 1.38 bits per heavy atom. The van der Waals surface area contributed by atoms with Crippen LogP contribution in [0.2, 0.25) is 0 Å². The summed E-state index contributed by atoms with van der Waals surface area (Å²) in [5.74, 6) is -0.164. The van der Waals surface area contributed by atoms with E-state index in [-0.39, 0.29) is 56.2 Å². The van der Waals surface area contributed by atoms with Gasteiger partial charge >= 0.3 is 0 Å². The van der Waals surface area contributed by atoms with Crippen LogP contribution in [0.25, 0.3) is 0 Å². The summed E-state index contributed by atoms with van der Waals surface area (Å²) in [6, 6.07) is 13.7. The fourth-order valence-electron chi connectivity index (χ4n) is 3.68. The largest absolute Gasteiger partial charge is 0.497 e. The highest BCUT2D eigenvalue weighted by Crippen LogP contribution is 2.42. The number of carbonyl (C=O) groups excluding carboxylic acids is 4. The van der Waals surface area contributed by atoms with Crippen molar-refractivity contribution in [3.63, 3.8) is 0 Å². The van der Waals surface area contributed by atoms with E-state index >= 15 is 0 Å². The number of hydrogen-bond acceptors (Lipinski definition) is 10. The summed E-state index contributed by atoms with van der Waals surface area (Å²) < 4.78 is 10.7. The Kier molecular flexibility index (Phi) is 9.79. The predicted octanol–water partition coefficient (Wildman–Crippen LogP) is 3.99. The molecule has 0 aromatic heterocycles. The summed E-state index contributed by atoms with van der Waals surface area (Å²) in [5, 5.41) is 5.52. The van der Waals surface area contributed by atoms with Gasteiger partial charge in [-0.05, 0) is 48.5 Å². The first-order valence-electron chi connectivity index (χ1n) is 11.9. The molecule has 4 amide bonds. The van der Waals surface area contributed by atoms with Crippen molar-refractivity contribution < 1.29 is 28.7 Å². The average molecular weight is 617 g/mol. The monoisotopic (exact) mass is 616 g/mol. The molecule has 0 aliphatic carbocycles. The van der Waals surface area contributed by atoms with Crippen molar-refractivity contribution in [3.8, 4) is 11.5 Å². The number of hydrogen-bond donors (Lipinski definition) is 2. The van der Waals surface area contributed by atoms with Crippen LogP contribution in [0, 0.1) is 0 Å². The quantitative estimate of drug-likeness (QED) is 0.300. The van der Waals surface area contributed by atoms with Gasteiger partial charge in [0.05, 0.1) is 24.0 Å². The van der Waals surface area contributed by atoms with Crippen LogP contribution in [-0.2, 0) is 19.2 Å². The summed E-state index contributed by atoms with van der Waals surface area (Å²) in [6.07, 6.45) is 0.0199. The molecule has 0 spiro atoms. The van der Waals surface area contributed by atoms with Crippen LogP contribution in [0.1, 0.15) is 12.8 Å². The van der Waals surface area contributed by atoms with Gasteiger partial charge in [0.2, 0.25) is 11.8 Å². The maximum absolute atomic E-state index is 13.1. The number of amides is 4. The minimum Gasteiger partial charge on any atom is -0.497 e. The predicted molar refractivity (Wildman–Crippen MR) is 163 cm³/mol. The van der Waals surface area contributed by atoms with E-state index in [0.29, 0.717) is 22.9 Å². The van der Waals surface area contributed by atoms with E-state index in [9.17, 15) is 19.2 Å². The molecule has 2 aromatic rings. The summed E-state index contributed by atoms with van der Waals surface area (Å²) in [4.78, 5) is 54.1. The highest BCUT2D eigenvalue weighted by molar-refractivity contribution is 8.29. The first kappa shape index (κ1) is 29.5. The summed E-state index contributed by atoms with van der Waals surface area (Å²) in [5.41, 5.74) is 1.19. The van der Waals surface area contributed by atoms with E-state index in [0.717, 1.165) is 23.5 Å². The molecule has 0 unspecified atom stereocenters. The summed E-state index contributed by atoms with van der Waals surface area (Å²) in [6.45, 7) is 0.115. The van der Waals surface area contributed by atoms with Gasteiger partial charge in [-0.2, -0.15) is 0 Å². The maximum Gasteiger partial charge on any atom is 0.267 e. The molecule has 2 heterocycles. The van der Waals surface area contributed by atoms with Gasteiger partial charge in [0.15, 0.2) is 0 Å². The number of ether oxygens (including phenoxy) is 2. The van der Waals surface area contributed by atoms with E-state index in [2.05, 4.69) is 10.6 Å². The summed E-state index contributed by atoms with van der Waals surface area (Å²) >= 11 is 12.7. The molecule has 14 heteroatoms. The normalized spacial score (nSPS) is 16.9. The van der Waals surface area contributed by atoms with Crippen molar-refractivity contribution in [2.75, 3.05) is 37.9 Å². The highest BCUT2D eigenvalue weighted by Gasteiger charge is 2.42. The molecule has 2 fully saturated rings. The molecule has 208 valence electrons. The fraction of sp³-hybridized carbons (Fsp3) is 0.231. The number of thiocarbonyl (C=S) groups is 2. The van der Waals surface area contributed by atoms with E-state index in [1.165, 1.54) is 9.80 Å². The van der Waals surface area contributed by atoms with Gasteiger partial charge in [0.1, 0.15) is 20.1 Å². The second-order valence-electron chi connectivity index (χ2n) is 8.36. The average Bonchev–Trinajstić information content (AvgIpc) is 3.39. The first-order chi connectivity index (χ1) is 19.2. The van der Waals surface area contributed by atoms with Crippen molar-refractivity contribution in [2.24, 2.45) is 0 Å². The lowest BCUT2D eigenvalue weighted by molar-refractivity contribution is -0.125. The van der Waals surface area contributed by atoms with Crippen LogP contribution in [0.15, 0.2) is 58.3 Å². The number of thioether (sulfide) groups is 2. The molecule has 40 heavy (non-hydrogen) atoms. The van der Waals surface area contributed by atoms with E-state index < -0.39 is 11.8 Å². The number of nitrogens with one attached hydrogen (secondary N) is 2. The second kappa shape index (κ2) is 13.3. The highest BCUT2D eigenvalue weighted by atomic mass is 32.2. The third-order valence-corrected chi connectivity index (χ3v) is 8.80.